The van der Waals surface area contributed by atoms with Crippen molar-refractivity contribution >= 4 is 15.5 Å². The number of benzene rings is 1. The zero-order valence-electron chi connectivity index (χ0n) is 9.86. The lowest BCUT2D eigenvalue weighted by Crippen LogP contribution is -2.26. The van der Waals surface area contributed by atoms with Crippen molar-refractivity contribution < 1.29 is 26.6 Å². The minimum absolute atomic E-state index is 0.569. The first-order chi connectivity index (χ1) is 9.14. The van der Waals surface area contributed by atoms with Gasteiger partial charge in [-0.25, -0.2) is 13.0 Å². The molecule has 0 N–H and O–H groups in total. The zero-order valence-corrected chi connectivity index (χ0v) is 10.7. The van der Waals surface area contributed by atoms with Gasteiger partial charge in [-0.05, 0) is 12.1 Å². The molecule has 9 heteroatoms. The topological polar surface area (TPSA) is 70.3 Å². The van der Waals surface area contributed by atoms with Gasteiger partial charge in [-0.3, -0.25) is 4.79 Å². The van der Waals surface area contributed by atoms with E-state index < -0.39 is 49.4 Å². The molecular formula is C11H6F4N2O2S. The maximum absolute atomic E-state index is 13.6. The molecule has 1 aliphatic carbocycles. The van der Waals surface area contributed by atoms with E-state index in [0.717, 1.165) is 12.3 Å². The number of fused-ring (bicyclic) bond motifs is 1. The Kier molecular flexibility index (Phi) is 3.09. The summed E-state index contributed by atoms with van der Waals surface area (Å²) in [5.41, 5.74) is -2.13. The predicted octanol–water partition coefficient (Wildman–Crippen LogP) is 2.61. The van der Waals surface area contributed by atoms with Crippen LogP contribution in [0, 0.1) is 17.3 Å². The Morgan fingerprint density at radius 1 is 1.45 bits per heavy atom. The van der Waals surface area contributed by atoms with Crippen molar-refractivity contribution in [3.05, 3.63) is 29.1 Å². The average molecular weight is 306 g/mol. The third-order valence-electron chi connectivity index (χ3n) is 2.88. The van der Waals surface area contributed by atoms with E-state index in [-0.39, 0.29) is 0 Å². The molecule has 0 aliphatic heterocycles. The molecule has 2 rings (SSSR count). The van der Waals surface area contributed by atoms with E-state index in [1.54, 1.807) is 0 Å². The van der Waals surface area contributed by atoms with Gasteiger partial charge in [0.2, 0.25) is 12.0 Å². The van der Waals surface area contributed by atoms with Crippen molar-refractivity contribution in [3.8, 4) is 6.19 Å². The van der Waals surface area contributed by atoms with Crippen LogP contribution in [0.15, 0.2) is 21.4 Å². The summed E-state index contributed by atoms with van der Waals surface area (Å²) in [6.07, 6.45) is -1.01. The number of carbonyl (C=O) groups excluding carboxylic acids is 1. The standard InChI is InChI=1S/C11H6F4N2O2S/c1-20(19,17-4-16)6-3-2-5(12)7-8(6)10(18)11(14,15)9(7)13/h2-3,9H,1H3. The van der Waals surface area contributed by atoms with Crippen LogP contribution in [-0.2, 0) is 9.73 Å². The van der Waals surface area contributed by atoms with Gasteiger partial charge in [-0.15, -0.1) is 4.36 Å². The Morgan fingerprint density at radius 2 is 2.05 bits per heavy atom. The van der Waals surface area contributed by atoms with Crippen molar-refractivity contribution in [1.29, 1.82) is 5.26 Å². The first-order valence-electron chi connectivity index (χ1n) is 5.14. The van der Waals surface area contributed by atoms with Crippen LogP contribution in [0.5, 0.6) is 0 Å². The van der Waals surface area contributed by atoms with Gasteiger partial charge in [0.1, 0.15) is 5.82 Å². The highest BCUT2D eigenvalue weighted by Crippen LogP contribution is 2.48. The largest absolute Gasteiger partial charge is 0.344 e. The van der Waals surface area contributed by atoms with Crippen LogP contribution in [-0.4, -0.2) is 22.2 Å². The summed E-state index contributed by atoms with van der Waals surface area (Å²) in [4.78, 5) is 11.0. The van der Waals surface area contributed by atoms with E-state index in [1.165, 1.54) is 6.19 Å². The second kappa shape index (κ2) is 4.28. The molecule has 20 heavy (non-hydrogen) atoms. The van der Waals surface area contributed by atoms with E-state index in [0.29, 0.717) is 6.07 Å². The molecule has 0 bridgehead atoms. The predicted molar refractivity (Wildman–Crippen MR) is 59.9 cm³/mol. The minimum Gasteiger partial charge on any atom is -0.287 e. The summed E-state index contributed by atoms with van der Waals surface area (Å²) >= 11 is 0. The molecular weight excluding hydrogens is 300 g/mol. The Hall–Kier alpha value is -1.95. The Morgan fingerprint density at radius 3 is 2.60 bits per heavy atom. The highest BCUT2D eigenvalue weighted by molar-refractivity contribution is 7.93. The van der Waals surface area contributed by atoms with Gasteiger partial charge in [0.15, 0.2) is 6.17 Å². The molecule has 0 heterocycles. The lowest BCUT2D eigenvalue weighted by Gasteiger charge is -2.09. The van der Waals surface area contributed by atoms with Crippen molar-refractivity contribution in [2.24, 2.45) is 4.36 Å². The summed E-state index contributed by atoms with van der Waals surface area (Å²) in [6, 6.07) is 1.41. The van der Waals surface area contributed by atoms with Gasteiger partial charge >= 0.3 is 5.92 Å². The molecule has 0 amide bonds. The number of alkyl halides is 3. The van der Waals surface area contributed by atoms with E-state index in [1.807, 2.05) is 0 Å². The van der Waals surface area contributed by atoms with Crippen molar-refractivity contribution in [3.63, 3.8) is 0 Å². The fourth-order valence-electron chi connectivity index (χ4n) is 1.96. The van der Waals surface area contributed by atoms with Crippen LogP contribution in [0.1, 0.15) is 22.1 Å². The molecule has 2 atom stereocenters. The van der Waals surface area contributed by atoms with Crippen LogP contribution in [0.3, 0.4) is 0 Å². The molecule has 2 unspecified atom stereocenters. The number of Topliss-reactive ketones (excluding diaryl/α,β-unsaturated/α-hetero) is 1. The Labute approximate surface area is 111 Å². The number of ketones is 1. The summed E-state index contributed by atoms with van der Waals surface area (Å²) < 4.78 is 68.9. The summed E-state index contributed by atoms with van der Waals surface area (Å²) in [6.45, 7) is 0. The number of nitrogens with zero attached hydrogens (tertiary/aromatic N) is 2. The summed E-state index contributed by atoms with van der Waals surface area (Å²) in [5.74, 6) is -7.73. The molecule has 1 aliphatic rings. The quantitative estimate of drug-likeness (QED) is 0.591. The van der Waals surface area contributed by atoms with E-state index in [2.05, 4.69) is 4.36 Å². The monoisotopic (exact) mass is 306 g/mol. The maximum atomic E-state index is 13.6. The van der Waals surface area contributed by atoms with Gasteiger partial charge in [0, 0.05) is 11.8 Å². The van der Waals surface area contributed by atoms with Crippen LogP contribution < -0.4 is 0 Å². The molecule has 106 valence electrons. The molecule has 0 fully saturated rings. The van der Waals surface area contributed by atoms with Crippen LogP contribution >= 0.6 is 0 Å². The summed E-state index contributed by atoms with van der Waals surface area (Å²) in [5, 5.41) is 8.41. The molecule has 1 aromatic rings. The molecule has 0 saturated heterocycles. The summed E-state index contributed by atoms with van der Waals surface area (Å²) in [7, 11) is -3.53. The van der Waals surface area contributed by atoms with E-state index in [9.17, 15) is 26.6 Å². The van der Waals surface area contributed by atoms with Gasteiger partial charge in [-0.1, -0.05) is 0 Å². The van der Waals surface area contributed by atoms with E-state index >= 15 is 0 Å². The molecule has 1 aromatic carbocycles. The number of rotatable bonds is 1. The van der Waals surface area contributed by atoms with Crippen LogP contribution in [0.2, 0.25) is 0 Å². The van der Waals surface area contributed by atoms with Crippen molar-refractivity contribution in [2.75, 3.05) is 6.26 Å². The van der Waals surface area contributed by atoms with Gasteiger partial charge in [0.25, 0.3) is 0 Å². The number of halogens is 4. The molecule has 0 radical (unpaired) electrons. The third kappa shape index (κ3) is 1.79. The number of hydrogen-bond donors (Lipinski definition) is 0. The first kappa shape index (κ1) is 14.5. The number of carbonyl (C=O) groups is 1. The molecule has 4 nitrogen and oxygen atoms in total. The van der Waals surface area contributed by atoms with Crippen LogP contribution in [0.25, 0.3) is 0 Å². The highest BCUT2D eigenvalue weighted by atomic mass is 32.2. The smallest absolute Gasteiger partial charge is 0.287 e. The Balaban J connectivity index is 2.90. The van der Waals surface area contributed by atoms with Gasteiger partial charge in [-0.2, -0.15) is 14.0 Å². The normalized spacial score (nSPS) is 22.8. The average Bonchev–Trinajstić information content (AvgIpc) is 2.52. The second-order valence-corrected chi connectivity index (χ2v) is 6.37. The zero-order chi connectivity index (χ0) is 15.3. The number of hydrogen-bond acceptors (Lipinski definition) is 4. The lowest BCUT2D eigenvalue weighted by molar-refractivity contribution is -0.0372. The van der Waals surface area contributed by atoms with Gasteiger partial charge < -0.3 is 0 Å². The highest BCUT2D eigenvalue weighted by Gasteiger charge is 2.58. The fourth-order valence-corrected chi connectivity index (χ4v) is 3.12. The van der Waals surface area contributed by atoms with E-state index in [4.69, 9.17) is 5.26 Å². The molecule has 0 saturated carbocycles. The van der Waals surface area contributed by atoms with Gasteiger partial charge in [0.05, 0.1) is 20.2 Å². The second-order valence-electron chi connectivity index (χ2n) is 4.14. The Bertz CT molecular complexity index is 775. The minimum atomic E-state index is -4.43. The number of nitriles is 1. The van der Waals surface area contributed by atoms with Crippen molar-refractivity contribution in [1.82, 2.24) is 0 Å². The maximum Gasteiger partial charge on any atom is 0.344 e. The third-order valence-corrected chi connectivity index (χ3v) is 4.47. The first-order valence-corrected chi connectivity index (χ1v) is 7.06. The molecule has 0 aromatic heterocycles. The molecule has 0 spiro atoms. The SMILES string of the molecule is CS(=O)(=NC#N)c1ccc(F)c2c1C(=O)C(F)(F)C2F. The van der Waals surface area contributed by atoms with Crippen LogP contribution in [0.4, 0.5) is 17.6 Å². The lowest BCUT2D eigenvalue weighted by atomic mass is 10.1. The van der Waals surface area contributed by atoms with Crippen molar-refractivity contribution in [2.45, 2.75) is 17.0 Å². The fraction of sp³-hybridized carbons (Fsp3) is 0.273.